The molecule has 4 rings (SSSR count). The zero-order valence-electron chi connectivity index (χ0n) is 16.9. The number of rotatable bonds is 5. The maximum atomic E-state index is 13.1. The highest BCUT2D eigenvalue weighted by Gasteiger charge is 2.38. The van der Waals surface area contributed by atoms with Gasteiger partial charge in [-0.2, -0.15) is 0 Å². The van der Waals surface area contributed by atoms with Crippen molar-refractivity contribution in [2.45, 2.75) is 25.8 Å². The van der Waals surface area contributed by atoms with Crippen molar-refractivity contribution in [3.05, 3.63) is 34.2 Å². The van der Waals surface area contributed by atoms with Gasteiger partial charge < -0.3 is 19.6 Å². The van der Waals surface area contributed by atoms with Crippen molar-refractivity contribution in [3.8, 4) is 0 Å². The van der Waals surface area contributed by atoms with E-state index in [4.69, 9.17) is 4.52 Å². The molecule has 10 heteroatoms. The number of anilines is 1. The molecular formula is C20H25N5O4S. The summed E-state index contributed by atoms with van der Waals surface area (Å²) in [4.78, 5) is 44.2. The van der Waals surface area contributed by atoms with E-state index < -0.39 is 0 Å². The molecular weight excluding hydrogens is 406 g/mol. The van der Waals surface area contributed by atoms with Crippen molar-refractivity contribution < 1.29 is 18.9 Å². The first-order valence-electron chi connectivity index (χ1n) is 10.1. The van der Waals surface area contributed by atoms with Gasteiger partial charge in [0.1, 0.15) is 11.8 Å². The third kappa shape index (κ3) is 4.54. The molecule has 0 unspecified atom stereocenters. The van der Waals surface area contributed by atoms with Gasteiger partial charge in [0, 0.05) is 38.8 Å². The largest absolute Gasteiger partial charge is 0.360 e. The van der Waals surface area contributed by atoms with E-state index in [2.05, 4.69) is 10.5 Å². The predicted molar refractivity (Wildman–Crippen MR) is 111 cm³/mol. The molecule has 9 nitrogen and oxygen atoms in total. The molecule has 2 aliphatic rings. The van der Waals surface area contributed by atoms with Crippen LogP contribution in [0, 0.1) is 6.92 Å². The van der Waals surface area contributed by atoms with Crippen LogP contribution in [0.4, 0.5) is 5.82 Å². The number of hydrogen-bond acceptors (Lipinski definition) is 7. The number of aryl methyl sites for hydroxylation is 1. The molecule has 1 N–H and O–H groups in total. The summed E-state index contributed by atoms with van der Waals surface area (Å²) in [6.45, 7) is 4.94. The minimum absolute atomic E-state index is 0.0135. The molecule has 2 saturated heterocycles. The normalized spacial score (nSPS) is 19.8. The SMILES string of the molecule is Cc1cc(NC(=O)CN2CCN(C(=O)[C@@H]3CCCN3C(=O)c3cccs3)CC2)no1. The molecule has 0 aromatic carbocycles. The highest BCUT2D eigenvalue weighted by atomic mass is 32.1. The number of piperazine rings is 1. The van der Waals surface area contributed by atoms with Gasteiger partial charge in [0.05, 0.1) is 11.4 Å². The lowest BCUT2D eigenvalue weighted by Crippen LogP contribution is -2.55. The number of likely N-dealkylation sites (tertiary alicyclic amines) is 1. The van der Waals surface area contributed by atoms with E-state index in [1.54, 1.807) is 24.0 Å². The number of nitrogens with one attached hydrogen (secondary N) is 1. The van der Waals surface area contributed by atoms with Crippen molar-refractivity contribution in [3.63, 3.8) is 0 Å². The fourth-order valence-electron chi connectivity index (χ4n) is 3.96. The van der Waals surface area contributed by atoms with Crippen LogP contribution in [0.5, 0.6) is 0 Å². The summed E-state index contributed by atoms with van der Waals surface area (Å²) in [6.07, 6.45) is 1.55. The Hall–Kier alpha value is -2.72. The summed E-state index contributed by atoms with van der Waals surface area (Å²) in [5, 5.41) is 8.34. The molecule has 0 aliphatic carbocycles. The minimum atomic E-state index is -0.384. The van der Waals surface area contributed by atoms with Crippen molar-refractivity contribution in [1.82, 2.24) is 19.9 Å². The number of amides is 3. The van der Waals surface area contributed by atoms with Crippen LogP contribution in [0.15, 0.2) is 28.1 Å². The van der Waals surface area contributed by atoms with Gasteiger partial charge in [0.2, 0.25) is 11.8 Å². The third-order valence-corrected chi connectivity index (χ3v) is 6.34. The average molecular weight is 432 g/mol. The number of aromatic nitrogens is 1. The second-order valence-corrected chi connectivity index (χ2v) is 8.55. The first-order chi connectivity index (χ1) is 14.5. The molecule has 2 aromatic rings. The molecule has 0 spiro atoms. The predicted octanol–water partition coefficient (Wildman–Crippen LogP) is 1.43. The quantitative estimate of drug-likeness (QED) is 0.769. The summed E-state index contributed by atoms with van der Waals surface area (Å²) < 4.78 is 4.94. The molecule has 0 radical (unpaired) electrons. The van der Waals surface area contributed by atoms with Gasteiger partial charge >= 0.3 is 0 Å². The van der Waals surface area contributed by atoms with E-state index in [0.717, 1.165) is 6.42 Å². The Bertz CT molecular complexity index is 904. The van der Waals surface area contributed by atoms with Gasteiger partial charge in [-0.15, -0.1) is 11.3 Å². The lowest BCUT2D eigenvalue weighted by Gasteiger charge is -2.37. The molecule has 1 atom stereocenters. The van der Waals surface area contributed by atoms with Crippen molar-refractivity contribution in [2.24, 2.45) is 0 Å². The number of carbonyl (C=O) groups is 3. The van der Waals surface area contributed by atoms with Gasteiger partial charge in [0.15, 0.2) is 5.82 Å². The average Bonchev–Trinajstić information content (AvgIpc) is 3.49. The molecule has 3 amide bonds. The van der Waals surface area contributed by atoms with Gasteiger partial charge in [-0.25, -0.2) is 0 Å². The Balaban J connectivity index is 1.27. The zero-order chi connectivity index (χ0) is 21.1. The van der Waals surface area contributed by atoms with Crippen molar-refractivity contribution in [1.29, 1.82) is 0 Å². The monoisotopic (exact) mass is 431 g/mol. The van der Waals surface area contributed by atoms with Crippen LogP contribution in [0.2, 0.25) is 0 Å². The molecule has 2 fully saturated rings. The van der Waals surface area contributed by atoms with Crippen LogP contribution in [0.25, 0.3) is 0 Å². The first-order valence-corrected chi connectivity index (χ1v) is 11.0. The number of thiophene rings is 1. The van der Waals surface area contributed by atoms with Crippen LogP contribution in [0.3, 0.4) is 0 Å². The molecule has 30 heavy (non-hydrogen) atoms. The Labute approximate surface area is 178 Å². The molecule has 2 aromatic heterocycles. The highest BCUT2D eigenvalue weighted by molar-refractivity contribution is 7.12. The lowest BCUT2D eigenvalue weighted by molar-refractivity contribution is -0.137. The Kier molecular flexibility index (Phi) is 6.14. The molecule has 4 heterocycles. The van der Waals surface area contributed by atoms with E-state index in [1.165, 1.54) is 11.3 Å². The number of nitrogens with zero attached hydrogens (tertiary/aromatic N) is 4. The third-order valence-electron chi connectivity index (χ3n) is 5.48. The first kappa shape index (κ1) is 20.5. The van der Waals surface area contributed by atoms with E-state index in [-0.39, 0.29) is 30.3 Å². The molecule has 0 bridgehead atoms. The summed E-state index contributed by atoms with van der Waals surface area (Å²) >= 11 is 1.40. The number of hydrogen-bond donors (Lipinski definition) is 1. The topological polar surface area (TPSA) is 99.0 Å². The fourth-order valence-corrected chi connectivity index (χ4v) is 4.64. The highest BCUT2D eigenvalue weighted by Crippen LogP contribution is 2.24. The molecule has 160 valence electrons. The van der Waals surface area contributed by atoms with Gasteiger partial charge in [-0.1, -0.05) is 11.2 Å². The smallest absolute Gasteiger partial charge is 0.264 e. The summed E-state index contributed by atoms with van der Waals surface area (Å²) in [7, 11) is 0. The molecule has 2 aliphatic heterocycles. The van der Waals surface area contributed by atoms with Crippen molar-refractivity contribution in [2.75, 3.05) is 44.6 Å². The second-order valence-electron chi connectivity index (χ2n) is 7.61. The maximum Gasteiger partial charge on any atom is 0.264 e. The summed E-state index contributed by atoms with van der Waals surface area (Å²) in [5.41, 5.74) is 0. The standard InChI is InChI=1S/C20H25N5O4S/c1-14-12-17(22-29-14)21-18(26)13-23-7-9-24(10-8-23)19(27)15-4-2-6-25(15)20(28)16-5-3-11-30-16/h3,5,11-12,15H,2,4,6-10,13H2,1H3,(H,21,22,26)/t15-/m0/s1. The van der Waals surface area contributed by atoms with Gasteiger partial charge in [-0.05, 0) is 31.2 Å². The maximum absolute atomic E-state index is 13.1. The van der Waals surface area contributed by atoms with E-state index >= 15 is 0 Å². The Morgan fingerprint density at radius 3 is 2.70 bits per heavy atom. The number of carbonyl (C=O) groups excluding carboxylic acids is 3. The van der Waals surface area contributed by atoms with E-state index in [0.29, 0.717) is 55.6 Å². The van der Waals surface area contributed by atoms with Crippen LogP contribution >= 0.6 is 11.3 Å². The summed E-state index contributed by atoms with van der Waals surface area (Å²) in [5.74, 6) is 0.837. The lowest BCUT2D eigenvalue weighted by atomic mass is 10.1. The van der Waals surface area contributed by atoms with E-state index in [1.807, 2.05) is 21.2 Å². The van der Waals surface area contributed by atoms with Gasteiger partial charge in [-0.3, -0.25) is 19.3 Å². The van der Waals surface area contributed by atoms with Crippen LogP contribution in [-0.4, -0.2) is 82.9 Å². The summed E-state index contributed by atoms with van der Waals surface area (Å²) in [6, 6.07) is 4.94. The minimum Gasteiger partial charge on any atom is -0.360 e. The van der Waals surface area contributed by atoms with Crippen molar-refractivity contribution >= 4 is 34.9 Å². The second kappa shape index (κ2) is 8.97. The van der Waals surface area contributed by atoms with Gasteiger partial charge in [0.25, 0.3) is 5.91 Å². The van der Waals surface area contributed by atoms with E-state index in [9.17, 15) is 14.4 Å². The fraction of sp³-hybridized carbons (Fsp3) is 0.500. The van der Waals surface area contributed by atoms with Crippen LogP contribution in [-0.2, 0) is 9.59 Å². The Morgan fingerprint density at radius 2 is 2.03 bits per heavy atom. The van der Waals surface area contributed by atoms with Crippen LogP contribution in [0.1, 0.15) is 28.3 Å². The van der Waals surface area contributed by atoms with Crippen LogP contribution < -0.4 is 5.32 Å². The Morgan fingerprint density at radius 1 is 1.23 bits per heavy atom. The molecule has 0 saturated carbocycles. The zero-order valence-corrected chi connectivity index (χ0v) is 17.7.